The molecule has 3 heterocycles. The lowest BCUT2D eigenvalue weighted by molar-refractivity contribution is -0.134. The highest BCUT2D eigenvalue weighted by atomic mass is 16.5. The van der Waals surface area contributed by atoms with Gasteiger partial charge in [0, 0.05) is 50.9 Å². The second-order valence-electron chi connectivity index (χ2n) is 9.24. The molecule has 7 heteroatoms. The van der Waals surface area contributed by atoms with E-state index in [1.807, 2.05) is 36.1 Å². The fourth-order valence-corrected chi connectivity index (χ4v) is 5.19. The van der Waals surface area contributed by atoms with E-state index in [9.17, 15) is 4.79 Å². The third-order valence-electron chi connectivity index (χ3n) is 7.16. The molecule has 2 aliphatic heterocycles. The molecule has 1 aromatic carbocycles. The maximum Gasteiger partial charge on any atom is 0.233 e. The smallest absolute Gasteiger partial charge is 0.233 e. The number of carbonyl (C=O) groups is 1. The largest absolute Gasteiger partial charge is 0.496 e. The summed E-state index contributed by atoms with van der Waals surface area (Å²) in [6.45, 7) is 7.15. The normalized spacial score (nSPS) is 20.2. The first kappa shape index (κ1) is 21.0. The first-order chi connectivity index (χ1) is 15.6. The maximum absolute atomic E-state index is 13.5. The topological polar surface area (TPSA) is 61.8 Å². The molecule has 170 valence electrons. The van der Waals surface area contributed by atoms with E-state index in [1.54, 1.807) is 7.11 Å². The third-order valence-corrected chi connectivity index (χ3v) is 7.16. The van der Waals surface area contributed by atoms with Crippen LogP contribution in [0, 0.1) is 6.92 Å². The van der Waals surface area contributed by atoms with E-state index < -0.39 is 5.41 Å². The Kier molecular flexibility index (Phi) is 5.66. The Morgan fingerprint density at radius 2 is 1.53 bits per heavy atom. The second kappa shape index (κ2) is 8.60. The summed E-state index contributed by atoms with van der Waals surface area (Å²) in [5.41, 5.74) is 0.634. The summed E-state index contributed by atoms with van der Waals surface area (Å²) in [6, 6.07) is 10.1. The predicted octanol–water partition coefficient (Wildman–Crippen LogP) is 3.16. The molecule has 0 bridgehead atoms. The van der Waals surface area contributed by atoms with Gasteiger partial charge in [0.25, 0.3) is 0 Å². The minimum absolute atomic E-state index is 0.245. The average molecular weight is 436 g/mol. The van der Waals surface area contributed by atoms with Gasteiger partial charge in [-0.25, -0.2) is 9.97 Å². The molecule has 5 rings (SSSR count). The lowest BCUT2D eigenvalue weighted by Gasteiger charge is -2.38. The number of nitrogens with zero attached hydrogens (tertiary/aromatic N) is 5. The minimum atomic E-state index is -0.401. The molecule has 0 spiro atoms. The van der Waals surface area contributed by atoms with Crippen LogP contribution in [0.4, 0.5) is 11.6 Å². The van der Waals surface area contributed by atoms with Crippen molar-refractivity contribution in [2.75, 3.05) is 56.2 Å². The molecule has 1 aromatic heterocycles. The monoisotopic (exact) mass is 435 g/mol. The predicted molar refractivity (Wildman–Crippen MR) is 126 cm³/mol. The molecular weight excluding hydrogens is 402 g/mol. The van der Waals surface area contributed by atoms with Gasteiger partial charge in [-0.15, -0.1) is 0 Å². The number of rotatable bonds is 5. The van der Waals surface area contributed by atoms with Gasteiger partial charge < -0.3 is 19.4 Å². The van der Waals surface area contributed by atoms with Crippen LogP contribution in [0.3, 0.4) is 0 Å². The third kappa shape index (κ3) is 3.89. The summed E-state index contributed by atoms with van der Waals surface area (Å²) in [7, 11) is 1.68. The van der Waals surface area contributed by atoms with Crippen molar-refractivity contribution in [2.24, 2.45) is 0 Å². The second-order valence-corrected chi connectivity index (χ2v) is 9.24. The quantitative estimate of drug-likeness (QED) is 0.719. The van der Waals surface area contributed by atoms with Crippen LogP contribution >= 0.6 is 0 Å². The fraction of sp³-hybridized carbons (Fsp3) is 0.560. The standard InChI is InChI=1S/C25H33N5O2/c1-19-26-22(28-12-6-3-7-13-28)18-23(27-19)29-14-16-30(17-15-29)24(31)25(10-11-25)20-8-4-5-9-21(20)32-2/h4-5,8-9,18H,3,6-7,10-17H2,1-2H3. The van der Waals surface area contributed by atoms with E-state index in [2.05, 4.69) is 15.9 Å². The SMILES string of the molecule is COc1ccccc1C1(C(=O)N2CCN(c3cc(N4CCCCC4)nc(C)n3)CC2)CC1. The summed E-state index contributed by atoms with van der Waals surface area (Å²) in [5.74, 6) is 3.90. The van der Waals surface area contributed by atoms with E-state index in [4.69, 9.17) is 14.7 Å². The molecule has 2 saturated heterocycles. The van der Waals surface area contributed by atoms with Gasteiger partial charge in [0.05, 0.1) is 12.5 Å². The molecule has 0 radical (unpaired) electrons. The average Bonchev–Trinajstić information content (AvgIpc) is 3.66. The maximum atomic E-state index is 13.5. The van der Waals surface area contributed by atoms with Crippen molar-refractivity contribution in [1.29, 1.82) is 0 Å². The zero-order valence-electron chi connectivity index (χ0n) is 19.2. The van der Waals surface area contributed by atoms with Crippen molar-refractivity contribution in [3.63, 3.8) is 0 Å². The molecule has 2 aromatic rings. The Morgan fingerprint density at radius 3 is 2.16 bits per heavy atom. The molecule has 0 unspecified atom stereocenters. The summed E-state index contributed by atoms with van der Waals surface area (Å²) >= 11 is 0. The molecule has 0 N–H and O–H groups in total. The highest BCUT2D eigenvalue weighted by Gasteiger charge is 2.54. The number of para-hydroxylation sites is 1. The molecule has 7 nitrogen and oxygen atoms in total. The molecule has 1 saturated carbocycles. The van der Waals surface area contributed by atoms with Gasteiger partial charge in [0.15, 0.2) is 0 Å². The van der Waals surface area contributed by atoms with Gasteiger partial charge in [-0.3, -0.25) is 4.79 Å². The number of ether oxygens (including phenoxy) is 1. The van der Waals surface area contributed by atoms with Crippen molar-refractivity contribution in [2.45, 2.75) is 44.4 Å². The number of piperazine rings is 1. The Labute approximate surface area is 190 Å². The van der Waals surface area contributed by atoms with E-state index in [0.29, 0.717) is 0 Å². The van der Waals surface area contributed by atoms with Gasteiger partial charge in [0.1, 0.15) is 23.2 Å². The molecular formula is C25H33N5O2. The molecule has 1 amide bonds. The van der Waals surface area contributed by atoms with Crippen LogP contribution in [0.5, 0.6) is 5.75 Å². The first-order valence-electron chi connectivity index (χ1n) is 11.9. The number of hydrogen-bond acceptors (Lipinski definition) is 6. The van der Waals surface area contributed by atoms with Crippen molar-refractivity contribution >= 4 is 17.5 Å². The van der Waals surface area contributed by atoms with Gasteiger partial charge >= 0.3 is 0 Å². The number of amides is 1. The summed E-state index contributed by atoms with van der Waals surface area (Å²) in [4.78, 5) is 29.7. The lowest BCUT2D eigenvalue weighted by atomic mass is 9.93. The number of aryl methyl sites for hydroxylation is 1. The van der Waals surface area contributed by atoms with Crippen molar-refractivity contribution in [3.8, 4) is 5.75 Å². The van der Waals surface area contributed by atoms with Gasteiger partial charge in [0.2, 0.25) is 5.91 Å². The van der Waals surface area contributed by atoms with Crippen molar-refractivity contribution in [1.82, 2.24) is 14.9 Å². The summed E-state index contributed by atoms with van der Waals surface area (Å²) in [6.07, 6.45) is 5.56. The van der Waals surface area contributed by atoms with Gasteiger partial charge in [-0.1, -0.05) is 18.2 Å². The van der Waals surface area contributed by atoms with Crippen molar-refractivity contribution < 1.29 is 9.53 Å². The Balaban J connectivity index is 1.27. The molecule has 3 fully saturated rings. The van der Waals surface area contributed by atoms with Gasteiger partial charge in [-0.2, -0.15) is 0 Å². The van der Waals surface area contributed by atoms with E-state index in [-0.39, 0.29) is 5.91 Å². The Hall–Kier alpha value is -2.83. The number of hydrogen-bond donors (Lipinski definition) is 0. The minimum Gasteiger partial charge on any atom is -0.496 e. The Bertz CT molecular complexity index is 976. The van der Waals surface area contributed by atoms with E-state index in [0.717, 1.165) is 80.9 Å². The number of anilines is 2. The first-order valence-corrected chi connectivity index (χ1v) is 11.9. The Morgan fingerprint density at radius 1 is 0.906 bits per heavy atom. The molecule has 1 aliphatic carbocycles. The summed E-state index contributed by atoms with van der Waals surface area (Å²) < 4.78 is 5.56. The van der Waals surface area contributed by atoms with Crippen LogP contribution in [0.2, 0.25) is 0 Å². The number of piperidine rings is 1. The number of benzene rings is 1. The van der Waals surface area contributed by atoms with Crippen LogP contribution in [0.15, 0.2) is 30.3 Å². The number of carbonyl (C=O) groups excluding carboxylic acids is 1. The van der Waals surface area contributed by atoms with Crippen LogP contribution < -0.4 is 14.5 Å². The molecule has 0 atom stereocenters. The van der Waals surface area contributed by atoms with Crippen LogP contribution in [-0.2, 0) is 10.2 Å². The van der Waals surface area contributed by atoms with E-state index in [1.165, 1.54) is 19.3 Å². The lowest BCUT2D eigenvalue weighted by Crippen LogP contribution is -2.52. The highest BCUT2D eigenvalue weighted by Crippen LogP contribution is 2.52. The fourth-order valence-electron chi connectivity index (χ4n) is 5.19. The number of methoxy groups -OCH3 is 1. The van der Waals surface area contributed by atoms with E-state index >= 15 is 0 Å². The highest BCUT2D eigenvalue weighted by molar-refractivity contribution is 5.92. The van der Waals surface area contributed by atoms with Crippen LogP contribution in [-0.4, -0.2) is 67.2 Å². The molecule has 3 aliphatic rings. The van der Waals surface area contributed by atoms with Crippen LogP contribution in [0.25, 0.3) is 0 Å². The number of aromatic nitrogens is 2. The summed E-state index contributed by atoms with van der Waals surface area (Å²) in [5, 5.41) is 0. The zero-order chi connectivity index (χ0) is 22.1. The molecule has 32 heavy (non-hydrogen) atoms. The zero-order valence-corrected chi connectivity index (χ0v) is 19.2. The van der Waals surface area contributed by atoms with Crippen LogP contribution in [0.1, 0.15) is 43.5 Å². The van der Waals surface area contributed by atoms with Crippen molar-refractivity contribution in [3.05, 3.63) is 41.7 Å². The van der Waals surface area contributed by atoms with Gasteiger partial charge in [-0.05, 0) is 45.1 Å².